The maximum absolute atomic E-state index is 11.4. The Hall–Kier alpha value is -0.990. The third kappa shape index (κ3) is 0.729. The summed E-state index contributed by atoms with van der Waals surface area (Å²) in [4.78, 5) is 34.3. The Labute approximate surface area is 75.5 Å². The van der Waals surface area contributed by atoms with Crippen molar-refractivity contribution < 1.29 is 14.4 Å². The summed E-state index contributed by atoms with van der Waals surface area (Å²) in [5.74, 6) is 0.293. The second-order valence-corrected chi connectivity index (χ2v) is 4.41. The highest BCUT2D eigenvalue weighted by Crippen LogP contribution is 2.53. The van der Waals surface area contributed by atoms with Crippen LogP contribution in [0, 0.1) is 23.7 Å². The van der Waals surface area contributed by atoms with Crippen molar-refractivity contribution in [2.75, 3.05) is 0 Å². The van der Waals surface area contributed by atoms with E-state index < -0.39 is 0 Å². The molecule has 3 atom stereocenters. The Kier molecular flexibility index (Phi) is 1.19. The van der Waals surface area contributed by atoms with Crippen molar-refractivity contribution >= 4 is 17.3 Å². The number of rotatable bonds is 0. The molecule has 0 N–H and O–H groups in total. The van der Waals surface area contributed by atoms with Crippen LogP contribution in [0.3, 0.4) is 0 Å². The number of carbonyl (C=O) groups is 3. The molecule has 0 heterocycles. The zero-order valence-electron chi connectivity index (χ0n) is 7.16. The highest BCUT2D eigenvalue weighted by molar-refractivity contribution is 6.04. The van der Waals surface area contributed by atoms with Gasteiger partial charge >= 0.3 is 0 Å². The first-order chi connectivity index (χ1) is 6.18. The fraction of sp³-hybridized carbons (Fsp3) is 0.700. The fourth-order valence-corrected chi connectivity index (χ4v) is 3.34. The van der Waals surface area contributed by atoms with Gasteiger partial charge in [0.2, 0.25) is 0 Å². The van der Waals surface area contributed by atoms with Crippen LogP contribution in [0.1, 0.15) is 19.3 Å². The van der Waals surface area contributed by atoms with Crippen LogP contribution in [0.2, 0.25) is 0 Å². The molecule has 3 rings (SSSR count). The van der Waals surface area contributed by atoms with E-state index in [0.717, 1.165) is 0 Å². The van der Waals surface area contributed by atoms with Crippen LogP contribution in [0.5, 0.6) is 0 Å². The first kappa shape index (κ1) is 7.42. The molecule has 3 nitrogen and oxygen atoms in total. The normalized spacial score (nSPS) is 47.5. The van der Waals surface area contributed by atoms with Gasteiger partial charge in [-0.1, -0.05) is 0 Å². The van der Waals surface area contributed by atoms with Crippen molar-refractivity contribution in [3.63, 3.8) is 0 Å². The number of carbonyl (C=O) groups excluding carboxylic acids is 3. The van der Waals surface area contributed by atoms with E-state index in [1.807, 2.05) is 0 Å². The van der Waals surface area contributed by atoms with E-state index in [2.05, 4.69) is 0 Å². The zero-order chi connectivity index (χ0) is 9.16. The number of hydrogen-bond donors (Lipinski definition) is 0. The van der Waals surface area contributed by atoms with Crippen molar-refractivity contribution in [3.8, 4) is 0 Å². The lowest BCUT2D eigenvalue weighted by Crippen LogP contribution is -2.12. The first-order valence-corrected chi connectivity index (χ1v) is 4.76. The molecule has 0 saturated heterocycles. The van der Waals surface area contributed by atoms with Crippen LogP contribution in [-0.2, 0) is 14.4 Å². The van der Waals surface area contributed by atoms with Gasteiger partial charge in [-0.25, -0.2) is 0 Å². The quantitative estimate of drug-likeness (QED) is 0.538. The molecular weight excluding hydrogens is 168 g/mol. The predicted molar refractivity (Wildman–Crippen MR) is 42.8 cm³/mol. The Morgan fingerprint density at radius 3 is 1.31 bits per heavy atom. The smallest absolute Gasteiger partial charge is 0.137 e. The Balaban J connectivity index is 2.07. The summed E-state index contributed by atoms with van der Waals surface area (Å²) in [7, 11) is 0. The monoisotopic (exact) mass is 178 g/mol. The van der Waals surface area contributed by atoms with Crippen LogP contribution in [0.15, 0.2) is 0 Å². The third-order valence-electron chi connectivity index (χ3n) is 3.90. The Morgan fingerprint density at radius 1 is 0.692 bits per heavy atom. The summed E-state index contributed by atoms with van der Waals surface area (Å²) in [5, 5.41) is 0. The largest absolute Gasteiger partial charge is 0.299 e. The van der Waals surface area contributed by atoms with Crippen LogP contribution in [-0.4, -0.2) is 17.3 Å². The van der Waals surface area contributed by atoms with E-state index in [4.69, 9.17) is 0 Å². The molecule has 0 aromatic carbocycles. The molecule has 0 spiro atoms. The molecule has 0 amide bonds. The second kappa shape index (κ2) is 2.08. The summed E-state index contributed by atoms with van der Waals surface area (Å²) in [6, 6.07) is 0. The molecule has 68 valence electrons. The maximum Gasteiger partial charge on any atom is 0.137 e. The van der Waals surface area contributed by atoms with Crippen LogP contribution in [0.25, 0.3) is 0 Å². The average molecular weight is 178 g/mol. The number of hydrogen-bond acceptors (Lipinski definition) is 3. The van der Waals surface area contributed by atoms with Gasteiger partial charge in [0.25, 0.3) is 0 Å². The van der Waals surface area contributed by atoms with Crippen LogP contribution >= 0.6 is 0 Å². The van der Waals surface area contributed by atoms with Gasteiger partial charge in [0, 0.05) is 37.0 Å². The lowest BCUT2D eigenvalue weighted by Gasteiger charge is -2.08. The molecule has 3 fully saturated rings. The van der Waals surface area contributed by atoms with Gasteiger partial charge < -0.3 is 0 Å². The Bertz CT molecular complexity index is 279. The van der Waals surface area contributed by atoms with Gasteiger partial charge in [0.05, 0.1) is 0 Å². The summed E-state index contributed by atoms with van der Waals surface area (Å²) in [5.41, 5.74) is 0. The molecule has 0 aromatic rings. The SMILES string of the molecule is O=C1CC2C(=O)CC3C(=O)CC1C32. The molecule has 0 aliphatic heterocycles. The molecule has 13 heavy (non-hydrogen) atoms. The van der Waals surface area contributed by atoms with E-state index in [-0.39, 0.29) is 41.0 Å². The van der Waals surface area contributed by atoms with Crippen molar-refractivity contribution in [3.05, 3.63) is 0 Å². The highest BCUT2D eigenvalue weighted by Gasteiger charge is 2.60. The summed E-state index contributed by atoms with van der Waals surface area (Å²) in [6.07, 6.45) is 1.24. The Morgan fingerprint density at radius 2 is 1.00 bits per heavy atom. The van der Waals surface area contributed by atoms with Crippen molar-refractivity contribution in [1.29, 1.82) is 0 Å². The van der Waals surface area contributed by atoms with E-state index in [1.165, 1.54) is 0 Å². The van der Waals surface area contributed by atoms with E-state index >= 15 is 0 Å². The minimum absolute atomic E-state index is 0.0889. The van der Waals surface area contributed by atoms with Gasteiger partial charge in [-0.3, -0.25) is 14.4 Å². The van der Waals surface area contributed by atoms with Crippen LogP contribution in [0.4, 0.5) is 0 Å². The van der Waals surface area contributed by atoms with Crippen LogP contribution < -0.4 is 0 Å². The molecule has 3 aliphatic rings. The number of Topliss-reactive ketones (excluding diaryl/α,β-unsaturated/α-hetero) is 3. The van der Waals surface area contributed by atoms with E-state index in [1.54, 1.807) is 0 Å². The lowest BCUT2D eigenvalue weighted by molar-refractivity contribution is -0.124. The molecule has 0 radical (unpaired) electrons. The molecule has 3 aliphatic carbocycles. The molecule has 3 heteroatoms. The van der Waals surface area contributed by atoms with Gasteiger partial charge in [0.1, 0.15) is 17.3 Å². The molecule has 0 bridgehead atoms. The van der Waals surface area contributed by atoms with Gasteiger partial charge in [0.15, 0.2) is 0 Å². The number of ketones is 3. The highest BCUT2D eigenvalue weighted by atomic mass is 16.1. The van der Waals surface area contributed by atoms with Crippen molar-refractivity contribution in [1.82, 2.24) is 0 Å². The maximum atomic E-state index is 11.4. The van der Waals surface area contributed by atoms with Gasteiger partial charge in [-0.05, 0) is 5.92 Å². The molecule has 0 aromatic heterocycles. The fourth-order valence-electron chi connectivity index (χ4n) is 3.34. The van der Waals surface area contributed by atoms with E-state index in [9.17, 15) is 14.4 Å². The second-order valence-electron chi connectivity index (χ2n) is 4.41. The lowest BCUT2D eigenvalue weighted by atomic mass is 9.92. The molecular formula is C10H10O3. The minimum atomic E-state index is -0.0889. The van der Waals surface area contributed by atoms with Crippen molar-refractivity contribution in [2.45, 2.75) is 19.3 Å². The summed E-state index contributed by atoms with van der Waals surface area (Å²) < 4.78 is 0. The topological polar surface area (TPSA) is 51.2 Å². The zero-order valence-corrected chi connectivity index (χ0v) is 7.16. The average Bonchev–Trinajstić information content (AvgIpc) is 2.63. The van der Waals surface area contributed by atoms with E-state index in [0.29, 0.717) is 19.3 Å². The minimum Gasteiger partial charge on any atom is -0.299 e. The summed E-state index contributed by atoms with van der Waals surface area (Å²) >= 11 is 0. The van der Waals surface area contributed by atoms with Crippen molar-refractivity contribution in [2.24, 2.45) is 23.7 Å². The molecule has 3 unspecified atom stereocenters. The first-order valence-electron chi connectivity index (χ1n) is 4.76. The van der Waals surface area contributed by atoms with Gasteiger partial charge in [-0.2, -0.15) is 0 Å². The van der Waals surface area contributed by atoms with Gasteiger partial charge in [-0.15, -0.1) is 0 Å². The third-order valence-corrected chi connectivity index (χ3v) is 3.90. The predicted octanol–water partition coefficient (Wildman–Crippen LogP) is 0.370. The standard InChI is InChI=1S/C10H10O3/c11-7-1-4-8(12)3-6-9(13)2-5(7)10(4)6/h4-6,10H,1-3H2. The summed E-state index contributed by atoms with van der Waals surface area (Å²) in [6.45, 7) is 0. The molecule has 3 saturated carbocycles.